The van der Waals surface area contributed by atoms with Gasteiger partial charge in [-0.2, -0.15) is 0 Å². The molecule has 18 heavy (non-hydrogen) atoms. The molecule has 3 aliphatic rings. The summed E-state index contributed by atoms with van der Waals surface area (Å²) < 4.78 is 0. The monoisotopic (exact) mass is 241 g/mol. The third-order valence-electron chi connectivity index (χ3n) is 3.53. The molecular formula is C15H19N3. The van der Waals surface area contributed by atoms with E-state index in [0.717, 1.165) is 26.1 Å². The molecule has 3 heterocycles. The lowest BCUT2D eigenvalue weighted by atomic mass is 10.0. The standard InChI is InChI=1S/C15H19N3/c1-12-4-7-17-11-18-8-5-13(3-2-6-16)10-15(18)14(17)9-12/h4-5,7-10H,2-3,6,11,16H2,1H3. The summed E-state index contributed by atoms with van der Waals surface area (Å²) >= 11 is 0. The molecule has 94 valence electrons. The quantitative estimate of drug-likeness (QED) is 0.823. The van der Waals surface area contributed by atoms with Crippen molar-refractivity contribution in [3.8, 4) is 0 Å². The minimum absolute atomic E-state index is 0.759. The van der Waals surface area contributed by atoms with E-state index in [1.807, 2.05) is 0 Å². The van der Waals surface area contributed by atoms with Crippen LogP contribution in [0.1, 0.15) is 19.8 Å². The van der Waals surface area contributed by atoms with Gasteiger partial charge < -0.3 is 15.5 Å². The first kappa shape index (κ1) is 11.4. The summed E-state index contributed by atoms with van der Waals surface area (Å²) in [5.74, 6) is 0. The van der Waals surface area contributed by atoms with E-state index < -0.39 is 0 Å². The Labute approximate surface area is 108 Å². The van der Waals surface area contributed by atoms with E-state index >= 15 is 0 Å². The van der Waals surface area contributed by atoms with E-state index in [1.165, 1.54) is 22.5 Å². The van der Waals surface area contributed by atoms with E-state index in [-0.39, 0.29) is 0 Å². The zero-order valence-corrected chi connectivity index (χ0v) is 10.8. The fourth-order valence-electron chi connectivity index (χ4n) is 2.52. The number of allylic oxidation sites excluding steroid dienone is 6. The summed E-state index contributed by atoms with van der Waals surface area (Å²) in [6, 6.07) is 0. The number of rotatable bonds is 3. The Morgan fingerprint density at radius 3 is 2.61 bits per heavy atom. The van der Waals surface area contributed by atoms with Gasteiger partial charge >= 0.3 is 0 Å². The van der Waals surface area contributed by atoms with Crippen LogP contribution in [-0.4, -0.2) is 23.0 Å². The summed E-state index contributed by atoms with van der Waals surface area (Å²) in [7, 11) is 0. The maximum absolute atomic E-state index is 5.58. The number of hydrogen-bond acceptors (Lipinski definition) is 3. The Morgan fingerprint density at radius 2 is 1.83 bits per heavy atom. The summed E-state index contributed by atoms with van der Waals surface area (Å²) in [5, 5.41) is 0. The molecule has 0 fully saturated rings. The number of hydrogen-bond donors (Lipinski definition) is 1. The molecule has 0 spiro atoms. The Morgan fingerprint density at radius 1 is 1.11 bits per heavy atom. The predicted octanol–water partition coefficient (Wildman–Crippen LogP) is 2.44. The van der Waals surface area contributed by atoms with Crippen molar-refractivity contribution >= 4 is 0 Å². The Balaban J connectivity index is 1.91. The first-order valence-corrected chi connectivity index (χ1v) is 6.51. The van der Waals surface area contributed by atoms with Crippen LogP contribution in [0, 0.1) is 0 Å². The van der Waals surface area contributed by atoms with Crippen LogP contribution in [0.15, 0.2) is 59.2 Å². The normalized spacial score (nSPS) is 21.0. The molecule has 3 aliphatic heterocycles. The largest absolute Gasteiger partial charge is 0.330 e. The molecular weight excluding hydrogens is 222 g/mol. The highest BCUT2D eigenvalue weighted by atomic mass is 15.4. The van der Waals surface area contributed by atoms with Crippen molar-refractivity contribution in [3.05, 3.63) is 59.2 Å². The van der Waals surface area contributed by atoms with Crippen molar-refractivity contribution < 1.29 is 0 Å². The van der Waals surface area contributed by atoms with Gasteiger partial charge in [0.2, 0.25) is 0 Å². The third-order valence-corrected chi connectivity index (χ3v) is 3.53. The van der Waals surface area contributed by atoms with Crippen LogP contribution in [0.5, 0.6) is 0 Å². The predicted molar refractivity (Wildman–Crippen MR) is 74.0 cm³/mol. The highest BCUT2D eigenvalue weighted by Gasteiger charge is 2.26. The second kappa shape index (κ2) is 4.50. The molecule has 3 nitrogen and oxygen atoms in total. The summed E-state index contributed by atoms with van der Waals surface area (Å²) in [6.45, 7) is 3.82. The van der Waals surface area contributed by atoms with Gasteiger partial charge in [-0.15, -0.1) is 0 Å². The average molecular weight is 241 g/mol. The second-order valence-electron chi connectivity index (χ2n) is 4.98. The molecule has 0 aromatic carbocycles. The topological polar surface area (TPSA) is 32.5 Å². The van der Waals surface area contributed by atoms with Crippen LogP contribution in [0.25, 0.3) is 0 Å². The van der Waals surface area contributed by atoms with Gasteiger partial charge in [0.1, 0.15) is 0 Å². The van der Waals surface area contributed by atoms with Crippen molar-refractivity contribution in [2.45, 2.75) is 19.8 Å². The SMILES string of the molecule is CC1=CC2=C3C=C(CCCN)C=CN3CN2C=C1. The zero-order chi connectivity index (χ0) is 12.5. The van der Waals surface area contributed by atoms with Crippen LogP contribution in [0.3, 0.4) is 0 Å². The number of nitrogens with zero attached hydrogens (tertiary/aromatic N) is 2. The van der Waals surface area contributed by atoms with E-state index in [9.17, 15) is 0 Å². The summed E-state index contributed by atoms with van der Waals surface area (Å²) in [5.41, 5.74) is 10.9. The van der Waals surface area contributed by atoms with Crippen LogP contribution in [0.2, 0.25) is 0 Å². The van der Waals surface area contributed by atoms with Gasteiger partial charge in [-0.05, 0) is 61.8 Å². The second-order valence-corrected chi connectivity index (χ2v) is 4.98. The molecule has 0 aromatic heterocycles. The molecule has 0 bridgehead atoms. The minimum atomic E-state index is 0.759. The van der Waals surface area contributed by atoms with Crippen molar-refractivity contribution in [3.63, 3.8) is 0 Å². The van der Waals surface area contributed by atoms with Gasteiger partial charge in [-0.1, -0.05) is 0 Å². The van der Waals surface area contributed by atoms with E-state index in [2.05, 4.69) is 53.4 Å². The van der Waals surface area contributed by atoms with Gasteiger partial charge in [0.25, 0.3) is 0 Å². The molecule has 3 rings (SSSR count). The molecule has 2 N–H and O–H groups in total. The maximum atomic E-state index is 5.58. The highest BCUT2D eigenvalue weighted by Crippen LogP contribution is 2.33. The smallest absolute Gasteiger partial charge is 0.0989 e. The zero-order valence-electron chi connectivity index (χ0n) is 10.8. The van der Waals surface area contributed by atoms with E-state index in [0.29, 0.717) is 0 Å². The van der Waals surface area contributed by atoms with Crippen molar-refractivity contribution in [1.29, 1.82) is 0 Å². The van der Waals surface area contributed by atoms with Gasteiger partial charge in [-0.3, -0.25) is 0 Å². The first-order valence-electron chi connectivity index (χ1n) is 6.51. The summed E-state index contributed by atoms with van der Waals surface area (Å²) in [6.07, 6.45) is 15.4. The summed E-state index contributed by atoms with van der Waals surface area (Å²) in [4.78, 5) is 4.58. The number of fused-ring (bicyclic) bond motifs is 2. The molecule has 0 unspecified atom stereocenters. The van der Waals surface area contributed by atoms with E-state index in [1.54, 1.807) is 0 Å². The number of nitrogens with two attached hydrogens (primary N) is 1. The van der Waals surface area contributed by atoms with Crippen molar-refractivity contribution in [1.82, 2.24) is 9.80 Å². The average Bonchev–Trinajstić information content (AvgIpc) is 2.74. The Kier molecular flexibility index (Phi) is 2.84. The maximum Gasteiger partial charge on any atom is 0.0989 e. The minimum Gasteiger partial charge on any atom is -0.330 e. The van der Waals surface area contributed by atoms with Crippen LogP contribution in [-0.2, 0) is 0 Å². The lowest BCUT2D eigenvalue weighted by molar-refractivity contribution is 0.372. The first-order chi connectivity index (χ1) is 8.78. The molecule has 0 aromatic rings. The van der Waals surface area contributed by atoms with Crippen molar-refractivity contribution in [2.75, 3.05) is 13.2 Å². The molecule has 0 amide bonds. The fourth-order valence-corrected chi connectivity index (χ4v) is 2.52. The Bertz CT molecular complexity index is 506. The molecule has 3 heteroatoms. The van der Waals surface area contributed by atoms with Crippen LogP contribution < -0.4 is 5.73 Å². The van der Waals surface area contributed by atoms with Crippen molar-refractivity contribution in [2.24, 2.45) is 5.73 Å². The lowest BCUT2D eigenvalue weighted by Crippen LogP contribution is -2.21. The third kappa shape index (κ3) is 1.91. The molecule has 0 atom stereocenters. The molecule has 0 aliphatic carbocycles. The lowest BCUT2D eigenvalue weighted by Gasteiger charge is -2.21. The van der Waals surface area contributed by atoms with E-state index in [4.69, 9.17) is 5.73 Å². The van der Waals surface area contributed by atoms with Gasteiger partial charge in [0.05, 0.1) is 18.1 Å². The van der Waals surface area contributed by atoms with Gasteiger partial charge in [-0.25, -0.2) is 0 Å². The highest BCUT2D eigenvalue weighted by molar-refractivity contribution is 5.47. The van der Waals surface area contributed by atoms with Crippen LogP contribution >= 0.6 is 0 Å². The molecule has 0 saturated heterocycles. The van der Waals surface area contributed by atoms with Gasteiger partial charge in [0.15, 0.2) is 0 Å². The Hall–Kier alpha value is -1.74. The fraction of sp³-hybridized carbons (Fsp3) is 0.333. The van der Waals surface area contributed by atoms with Crippen LogP contribution in [0.4, 0.5) is 0 Å². The molecule has 0 saturated carbocycles. The molecule has 0 radical (unpaired) electrons. The van der Waals surface area contributed by atoms with Gasteiger partial charge in [0, 0.05) is 12.4 Å².